The van der Waals surface area contributed by atoms with Gasteiger partial charge in [0, 0.05) is 11.2 Å². The molecular formula is C13H19ClOS. The summed E-state index contributed by atoms with van der Waals surface area (Å²) in [7, 11) is 0. The van der Waals surface area contributed by atoms with Gasteiger partial charge in [-0.1, -0.05) is 32.6 Å². The number of ether oxygens (including phenoxy) is 1. The van der Waals surface area contributed by atoms with Crippen LogP contribution in [0.3, 0.4) is 0 Å². The lowest BCUT2D eigenvalue weighted by atomic mass is 9.87. The van der Waals surface area contributed by atoms with Crippen LogP contribution in [0.15, 0.2) is 0 Å². The van der Waals surface area contributed by atoms with E-state index in [-0.39, 0.29) is 4.71 Å². The quantitative estimate of drug-likeness (QED) is 0.487. The normalized spacial score (nSPS) is 35.4. The van der Waals surface area contributed by atoms with E-state index in [1.54, 1.807) is 0 Å². The molecule has 90 valence electrons. The first-order valence-corrected chi connectivity index (χ1v) is 7.23. The molecule has 0 aromatic carbocycles. The number of thioether (sulfide) groups is 1. The van der Waals surface area contributed by atoms with E-state index in [2.05, 4.69) is 32.6 Å². The molecule has 1 nitrogen and oxygen atoms in total. The van der Waals surface area contributed by atoms with Gasteiger partial charge in [0.2, 0.25) is 0 Å². The van der Waals surface area contributed by atoms with E-state index in [9.17, 15) is 0 Å². The molecule has 0 aliphatic carbocycles. The van der Waals surface area contributed by atoms with Gasteiger partial charge in [-0.05, 0) is 11.8 Å². The van der Waals surface area contributed by atoms with E-state index in [1.165, 1.54) is 0 Å². The van der Waals surface area contributed by atoms with Crippen LogP contribution in [0, 0.1) is 29.1 Å². The third-order valence-corrected chi connectivity index (χ3v) is 5.58. The monoisotopic (exact) mass is 258 g/mol. The number of halogens is 1. The van der Waals surface area contributed by atoms with Crippen LogP contribution in [-0.4, -0.2) is 23.2 Å². The van der Waals surface area contributed by atoms with Crippen LogP contribution in [0.5, 0.6) is 0 Å². The van der Waals surface area contributed by atoms with Crippen LogP contribution in [0.4, 0.5) is 0 Å². The average molecular weight is 259 g/mol. The molecule has 0 spiro atoms. The molecule has 2 aliphatic heterocycles. The van der Waals surface area contributed by atoms with Crippen LogP contribution >= 0.6 is 23.4 Å². The topological polar surface area (TPSA) is 9.23 Å². The molecular weight excluding hydrogens is 240 g/mol. The summed E-state index contributed by atoms with van der Waals surface area (Å²) in [6.07, 6.45) is 1.13. The average Bonchev–Trinajstić information content (AvgIpc) is 2.44. The lowest BCUT2D eigenvalue weighted by Crippen LogP contribution is -2.26. The second kappa shape index (κ2) is 4.80. The van der Waals surface area contributed by atoms with Gasteiger partial charge in [-0.25, -0.2) is 0 Å². The van der Waals surface area contributed by atoms with Crippen LogP contribution in [0.1, 0.15) is 27.2 Å². The summed E-state index contributed by atoms with van der Waals surface area (Å²) in [5, 5.41) is 0.631. The van der Waals surface area contributed by atoms with Gasteiger partial charge in [0.25, 0.3) is 0 Å². The molecule has 0 amide bonds. The Kier molecular flexibility index (Phi) is 3.79. The first kappa shape index (κ1) is 12.6. The highest BCUT2D eigenvalue weighted by molar-refractivity contribution is 8.02. The van der Waals surface area contributed by atoms with Crippen molar-refractivity contribution >= 4 is 23.4 Å². The smallest absolute Gasteiger partial charge is 0.0929 e. The van der Waals surface area contributed by atoms with E-state index < -0.39 is 0 Å². The minimum absolute atomic E-state index is 0.165. The molecule has 0 N–H and O–H groups in total. The second-order valence-electron chi connectivity index (χ2n) is 5.71. The summed E-state index contributed by atoms with van der Waals surface area (Å²) in [5.41, 5.74) is 0.327. The zero-order chi connectivity index (χ0) is 11.8. The van der Waals surface area contributed by atoms with Gasteiger partial charge in [-0.2, -0.15) is 0 Å². The zero-order valence-electron chi connectivity index (χ0n) is 10.1. The van der Waals surface area contributed by atoms with Gasteiger partial charge in [-0.3, -0.25) is 0 Å². The number of hydrogen-bond acceptors (Lipinski definition) is 2. The Hall–Kier alpha value is 0.160. The summed E-state index contributed by atoms with van der Waals surface area (Å²) < 4.78 is 5.28. The van der Waals surface area contributed by atoms with Gasteiger partial charge in [0.15, 0.2) is 0 Å². The van der Waals surface area contributed by atoms with E-state index in [1.807, 2.05) is 11.8 Å². The highest BCUT2D eigenvalue weighted by Crippen LogP contribution is 2.47. The predicted octanol–water partition coefficient (Wildman–Crippen LogP) is 3.37. The molecule has 2 saturated heterocycles. The minimum Gasteiger partial charge on any atom is -0.379 e. The SMILES string of the molecule is CC(C)(C)C1CC(C#CC2COC2)C(Cl)S1. The molecule has 3 atom stereocenters. The maximum Gasteiger partial charge on any atom is 0.0929 e. The summed E-state index contributed by atoms with van der Waals surface area (Å²) in [6.45, 7) is 8.46. The predicted molar refractivity (Wildman–Crippen MR) is 70.7 cm³/mol. The van der Waals surface area contributed by atoms with Crippen LogP contribution in [0.25, 0.3) is 0 Å². The third kappa shape index (κ3) is 2.88. The Morgan fingerprint density at radius 3 is 2.38 bits per heavy atom. The standard InChI is InChI=1S/C13H19ClOS/c1-13(2,3)11-6-10(12(14)16-11)5-4-9-7-15-8-9/h9-12H,6-8H2,1-3H3. The zero-order valence-corrected chi connectivity index (χ0v) is 11.7. The molecule has 3 unspecified atom stereocenters. The van der Waals surface area contributed by atoms with Gasteiger partial charge < -0.3 is 4.74 Å². The Labute approximate surface area is 108 Å². The first-order valence-electron chi connectivity index (χ1n) is 5.85. The van der Waals surface area contributed by atoms with Gasteiger partial charge in [-0.15, -0.1) is 23.4 Å². The highest BCUT2D eigenvalue weighted by Gasteiger charge is 2.38. The fourth-order valence-electron chi connectivity index (χ4n) is 1.87. The molecule has 3 heteroatoms. The highest BCUT2D eigenvalue weighted by atomic mass is 35.5. The van der Waals surface area contributed by atoms with Crippen LogP contribution < -0.4 is 0 Å². The second-order valence-corrected chi connectivity index (χ2v) is 7.79. The number of hydrogen-bond donors (Lipinski definition) is 0. The van der Waals surface area contributed by atoms with Crippen molar-refractivity contribution in [3.8, 4) is 11.8 Å². The van der Waals surface area contributed by atoms with Crippen molar-refractivity contribution in [2.75, 3.05) is 13.2 Å². The van der Waals surface area contributed by atoms with Gasteiger partial charge >= 0.3 is 0 Å². The van der Waals surface area contributed by atoms with Crippen molar-refractivity contribution in [1.82, 2.24) is 0 Å². The maximum absolute atomic E-state index is 6.35. The van der Waals surface area contributed by atoms with Crippen LogP contribution in [-0.2, 0) is 4.74 Å². The molecule has 0 aromatic heterocycles. The molecule has 2 fully saturated rings. The van der Waals surface area contributed by atoms with E-state index in [0.29, 0.717) is 22.5 Å². The van der Waals surface area contributed by atoms with Crippen molar-refractivity contribution in [2.24, 2.45) is 17.3 Å². The largest absolute Gasteiger partial charge is 0.379 e. The number of rotatable bonds is 0. The summed E-state index contributed by atoms with van der Waals surface area (Å²) in [4.78, 5) is 0. The summed E-state index contributed by atoms with van der Waals surface area (Å²) in [5.74, 6) is 7.46. The molecule has 0 aromatic rings. The fraction of sp³-hybridized carbons (Fsp3) is 0.846. The lowest BCUT2D eigenvalue weighted by molar-refractivity contribution is -0.00309. The van der Waals surface area contributed by atoms with Gasteiger partial charge in [0.1, 0.15) is 0 Å². The van der Waals surface area contributed by atoms with Crippen molar-refractivity contribution in [2.45, 2.75) is 37.2 Å². The molecule has 2 rings (SSSR count). The molecule has 0 radical (unpaired) electrons. The van der Waals surface area contributed by atoms with Gasteiger partial charge in [0.05, 0.1) is 23.8 Å². The van der Waals surface area contributed by atoms with E-state index >= 15 is 0 Å². The Morgan fingerprint density at radius 1 is 1.25 bits per heavy atom. The van der Waals surface area contributed by atoms with Crippen molar-refractivity contribution in [3.05, 3.63) is 0 Å². The van der Waals surface area contributed by atoms with Crippen molar-refractivity contribution < 1.29 is 4.74 Å². The number of alkyl halides is 1. The first-order chi connectivity index (χ1) is 7.47. The molecule has 2 aliphatic rings. The van der Waals surface area contributed by atoms with E-state index in [4.69, 9.17) is 16.3 Å². The fourth-order valence-corrected chi connectivity index (χ4v) is 3.82. The summed E-state index contributed by atoms with van der Waals surface area (Å²) in [6, 6.07) is 0. The molecule has 0 bridgehead atoms. The van der Waals surface area contributed by atoms with Crippen LogP contribution in [0.2, 0.25) is 0 Å². The Bertz CT molecular complexity index is 308. The minimum atomic E-state index is 0.165. The van der Waals surface area contributed by atoms with Crippen molar-refractivity contribution in [3.63, 3.8) is 0 Å². The molecule has 16 heavy (non-hydrogen) atoms. The Balaban J connectivity index is 1.93. The summed E-state index contributed by atoms with van der Waals surface area (Å²) >= 11 is 8.24. The maximum atomic E-state index is 6.35. The molecule has 2 heterocycles. The molecule has 0 saturated carbocycles. The third-order valence-electron chi connectivity index (χ3n) is 3.16. The Morgan fingerprint density at radius 2 is 1.94 bits per heavy atom. The lowest BCUT2D eigenvalue weighted by Gasteiger charge is -2.25. The van der Waals surface area contributed by atoms with Crippen molar-refractivity contribution in [1.29, 1.82) is 0 Å². The van der Waals surface area contributed by atoms with E-state index in [0.717, 1.165) is 19.6 Å².